The van der Waals surface area contributed by atoms with E-state index in [0.717, 1.165) is 24.8 Å². The second kappa shape index (κ2) is 7.80. The number of hydrogen-bond acceptors (Lipinski definition) is 2. The minimum Gasteiger partial charge on any atom is -0.345 e. The number of hydrogen-bond donors (Lipinski definition) is 1. The van der Waals surface area contributed by atoms with Gasteiger partial charge in [-0.2, -0.15) is 5.10 Å². The van der Waals surface area contributed by atoms with Gasteiger partial charge in [0, 0.05) is 0 Å². The van der Waals surface area contributed by atoms with E-state index in [0.29, 0.717) is 23.0 Å². The van der Waals surface area contributed by atoms with Gasteiger partial charge in [-0.25, -0.2) is 4.68 Å². The normalized spacial score (nSPS) is 15.9. The van der Waals surface area contributed by atoms with Crippen LogP contribution in [0.25, 0.3) is 0 Å². The Morgan fingerprint density at radius 2 is 1.93 bits per heavy atom. The Balaban J connectivity index is 1.55. The fraction of sp³-hybridized carbons (Fsp3) is 0.304. The van der Waals surface area contributed by atoms with E-state index in [4.69, 9.17) is 11.6 Å². The highest BCUT2D eigenvalue weighted by Gasteiger charge is 2.26. The smallest absolute Gasteiger partial charge is 0.256 e. The standard InChI is InChI=1S/C23H24ClN3O/c1-15-10-12-17(13-11-15)14-27-22(24)21(16(2)26-27)23(28)25-20-9-5-7-18-6-3-4-8-19(18)20/h3-4,6,8,10-13,20H,5,7,9,14H2,1-2H3,(H,25,28)/t20-/m0/s1. The highest BCUT2D eigenvalue weighted by atomic mass is 35.5. The van der Waals surface area contributed by atoms with Crippen LogP contribution in [0.2, 0.25) is 5.15 Å². The zero-order chi connectivity index (χ0) is 19.7. The van der Waals surface area contributed by atoms with Crippen molar-refractivity contribution in [1.82, 2.24) is 15.1 Å². The quantitative estimate of drug-likeness (QED) is 0.677. The number of rotatable bonds is 4. The van der Waals surface area contributed by atoms with Gasteiger partial charge in [0.1, 0.15) is 5.15 Å². The molecule has 0 bridgehead atoms. The van der Waals surface area contributed by atoms with Gasteiger partial charge in [-0.05, 0) is 49.8 Å². The van der Waals surface area contributed by atoms with Crippen molar-refractivity contribution in [1.29, 1.82) is 0 Å². The second-order valence-corrected chi connectivity index (χ2v) is 7.87. The average Bonchev–Trinajstić information content (AvgIpc) is 2.97. The lowest BCUT2D eigenvalue weighted by Crippen LogP contribution is -2.31. The molecule has 28 heavy (non-hydrogen) atoms. The first-order valence-electron chi connectivity index (χ1n) is 9.70. The Morgan fingerprint density at radius 1 is 1.18 bits per heavy atom. The SMILES string of the molecule is Cc1ccc(Cn2nc(C)c(C(=O)N[C@H]3CCCc4ccccc43)c2Cl)cc1. The van der Waals surface area contributed by atoms with Crippen LogP contribution in [0.15, 0.2) is 48.5 Å². The van der Waals surface area contributed by atoms with Gasteiger partial charge in [0.2, 0.25) is 0 Å². The first-order chi connectivity index (χ1) is 13.5. The summed E-state index contributed by atoms with van der Waals surface area (Å²) in [5.41, 5.74) is 5.96. The summed E-state index contributed by atoms with van der Waals surface area (Å²) in [7, 11) is 0. The lowest BCUT2D eigenvalue weighted by molar-refractivity contribution is 0.0932. The molecule has 1 atom stereocenters. The molecular formula is C23H24ClN3O. The van der Waals surface area contributed by atoms with E-state index in [2.05, 4.69) is 59.8 Å². The van der Waals surface area contributed by atoms with Crippen LogP contribution in [0.1, 0.15) is 57.2 Å². The predicted molar refractivity (Wildman–Crippen MR) is 112 cm³/mol. The Hall–Kier alpha value is -2.59. The van der Waals surface area contributed by atoms with Gasteiger partial charge in [0.25, 0.3) is 5.91 Å². The van der Waals surface area contributed by atoms with Crippen LogP contribution in [0, 0.1) is 13.8 Å². The Morgan fingerprint density at radius 3 is 2.71 bits per heavy atom. The highest BCUT2D eigenvalue weighted by molar-refractivity contribution is 6.33. The minimum absolute atomic E-state index is 0.0216. The van der Waals surface area contributed by atoms with Crippen molar-refractivity contribution < 1.29 is 4.79 Å². The molecule has 0 saturated carbocycles. The third-order valence-electron chi connectivity index (χ3n) is 5.42. The number of aryl methyl sites for hydroxylation is 3. The van der Waals surface area contributed by atoms with Crippen LogP contribution >= 0.6 is 11.6 Å². The topological polar surface area (TPSA) is 46.9 Å². The number of nitrogens with one attached hydrogen (secondary N) is 1. The van der Waals surface area contributed by atoms with Gasteiger partial charge in [-0.1, -0.05) is 65.7 Å². The lowest BCUT2D eigenvalue weighted by atomic mass is 9.87. The number of nitrogens with zero attached hydrogens (tertiary/aromatic N) is 2. The van der Waals surface area contributed by atoms with Crippen LogP contribution < -0.4 is 5.32 Å². The van der Waals surface area contributed by atoms with Crippen molar-refractivity contribution >= 4 is 17.5 Å². The van der Waals surface area contributed by atoms with Gasteiger partial charge in [0.15, 0.2) is 0 Å². The molecule has 0 spiro atoms. The van der Waals surface area contributed by atoms with Gasteiger partial charge in [-0.15, -0.1) is 0 Å². The second-order valence-electron chi connectivity index (χ2n) is 7.51. The van der Waals surface area contributed by atoms with Crippen molar-refractivity contribution in [2.24, 2.45) is 0 Å². The Labute approximate surface area is 170 Å². The largest absolute Gasteiger partial charge is 0.345 e. The summed E-state index contributed by atoms with van der Waals surface area (Å²) in [4.78, 5) is 13.0. The summed E-state index contributed by atoms with van der Waals surface area (Å²) in [6, 6.07) is 16.6. The number of amides is 1. The maximum atomic E-state index is 13.0. The summed E-state index contributed by atoms with van der Waals surface area (Å²) >= 11 is 6.56. The predicted octanol–water partition coefficient (Wildman–Crippen LogP) is 5.01. The molecule has 0 saturated heterocycles. The van der Waals surface area contributed by atoms with Crippen LogP contribution in [0.3, 0.4) is 0 Å². The van der Waals surface area contributed by atoms with Crippen LogP contribution in [-0.4, -0.2) is 15.7 Å². The highest BCUT2D eigenvalue weighted by Crippen LogP contribution is 2.30. The number of benzene rings is 2. The zero-order valence-electron chi connectivity index (χ0n) is 16.2. The summed E-state index contributed by atoms with van der Waals surface area (Å²) in [5.74, 6) is -0.153. The number of aromatic nitrogens is 2. The maximum absolute atomic E-state index is 13.0. The number of carbonyl (C=O) groups is 1. The molecule has 1 aliphatic carbocycles. The van der Waals surface area contributed by atoms with Crippen LogP contribution in [0.5, 0.6) is 0 Å². The van der Waals surface area contributed by atoms with E-state index in [1.54, 1.807) is 4.68 Å². The maximum Gasteiger partial charge on any atom is 0.256 e. The first kappa shape index (κ1) is 18.8. The van der Waals surface area contributed by atoms with Crippen molar-refractivity contribution in [3.63, 3.8) is 0 Å². The molecule has 4 nitrogen and oxygen atoms in total. The van der Waals surface area contributed by atoms with Gasteiger partial charge < -0.3 is 5.32 Å². The van der Waals surface area contributed by atoms with Crippen molar-refractivity contribution in [2.45, 2.75) is 45.7 Å². The van der Waals surface area contributed by atoms with Gasteiger partial charge >= 0.3 is 0 Å². The van der Waals surface area contributed by atoms with Crippen LogP contribution in [-0.2, 0) is 13.0 Å². The molecular weight excluding hydrogens is 370 g/mol. The summed E-state index contributed by atoms with van der Waals surface area (Å²) in [6.45, 7) is 4.43. The van der Waals surface area contributed by atoms with E-state index in [9.17, 15) is 4.79 Å². The molecule has 1 aliphatic rings. The Kier molecular flexibility index (Phi) is 5.23. The molecule has 0 fully saturated rings. The van der Waals surface area contributed by atoms with Crippen molar-refractivity contribution in [3.05, 3.63) is 87.2 Å². The molecule has 4 rings (SSSR count). The fourth-order valence-corrected chi connectivity index (χ4v) is 4.24. The third-order valence-corrected chi connectivity index (χ3v) is 5.80. The van der Waals surface area contributed by atoms with Crippen molar-refractivity contribution in [3.8, 4) is 0 Å². The average molecular weight is 394 g/mol. The molecule has 1 amide bonds. The molecule has 0 radical (unpaired) electrons. The molecule has 1 heterocycles. The zero-order valence-corrected chi connectivity index (χ0v) is 17.0. The lowest BCUT2D eigenvalue weighted by Gasteiger charge is -2.26. The number of fused-ring (bicyclic) bond motifs is 1. The van der Waals surface area contributed by atoms with Crippen LogP contribution in [0.4, 0.5) is 0 Å². The summed E-state index contributed by atoms with van der Waals surface area (Å²) in [5, 5.41) is 8.08. The molecule has 2 aromatic carbocycles. The van der Waals surface area contributed by atoms with E-state index in [-0.39, 0.29) is 11.9 Å². The van der Waals surface area contributed by atoms with E-state index in [1.165, 1.54) is 16.7 Å². The fourth-order valence-electron chi connectivity index (χ4n) is 3.92. The molecule has 0 aliphatic heterocycles. The molecule has 5 heteroatoms. The number of halogens is 1. The molecule has 0 unspecified atom stereocenters. The number of carbonyl (C=O) groups excluding carboxylic acids is 1. The molecule has 1 aromatic heterocycles. The van der Waals surface area contributed by atoms with Crippen molar-refractivity contribution in [2.75, 3.05) is 0 Å². The van der Waals surface area contributed by atoms with E-state index >= 15 is 0 Å². The third kappa shape index (κ3) is 3.69. The van der Waals surface area contributed by atoms with E-state index in [1.807, 2.05) is 13.0 Å². The molecule has 144 valence electrons. The summed E-state index contributed by atoms with van der Waals surface area (Å²) in [6.07, 6.45) is 3.08. The monoisotopic (exact) mass is 393 g/mol. The Bertz CT molecular complexity index is 1010. The molecule has 3 aromatic rings. The summed E-state index contributed by atoms with van der Waals surface area (Å²) < 4.78 is 1.70. The van der Waals surface area contributed by atoms with E-state index < -0.39 is 0 Å². The van der Waals surface area contributed by atoms with Gasteiger partial charge in [0.05, 0.1) is 23.8 Å². The minimum atomic E-state index is -0.153. The van der Waals surface area contributed by atoms with Gasteiger partial charge in [-0.3, -0.25) is 4.79 Å². The molecule has 1 N–H and O–H groups in total. The first-order valence-corrected chi connectivity index (χ1v) is 10.1.